The van der Waals surface area contributed by atoms with Crippen LogP contribution >= 0.6 is 0 Å². The molecule has 7 heteroatoms. The van der Waals surface area contributed by atoms with Crippen molar-refractivity contribution in [1.82, 2.24) is 14.3 Å². The standard InChI is InChI=1S/C17H23N3O3S/c1-13-17(6-9-23-13)24(21,22)19-11-15-4-3-5-16(10-15)12-20-8-7-18-14(20)2/h3-5,7-8,10,13,17,19H,6,9,11-12H2,1-2H3/t13-,17-/m1/s1. The van der Waals surface area contributed by atoms with Crippen LogP contribution in [0.15, 0.2) is 36.7 Å². The molecule has 0 bridgehead atoms. The second kappa shape index (κ2) is 7.04. The molecule has 2 atom stereocenters. The van der Waals surface area contributed by atoms with Gasteiger partial charge in [-0.1, -0.05) is 24.3 Å². The molecule has 0 radical (unpaired) electrons. The number of imidazole rings is 1. The van der Waals surface area contributed by atoms with Crippen molar-refractivity contribution in [1.29, 1.82) is 0 Å². The molecule has 0 saturated carbocycles. The van der Waals surface area contributed by atoms with Crippen molar-refractivity contribution in [3.8, 4) is 0 Å². The average molecular weight is 349 g/mol. The molecule has 3 rings (SSSR count). The maximum absolute atomic E-state index is 12.4. The number of ether oxygens (including phenoxy) is 1. The molecule has 1 aromatic heterocycles. The van der Waals surface area contributed by atoms with Crippen molar-refractivity contribution in [3.63, 3.8) is 0 Å². The predicted molar refractivity (Wildman–Crippen MR) is 92.1 cm³/mol. The lowest BCUT2D eigenvalue weighted by Crippen LogP contribution is -2.37. The number of aryl methyl sites for hydroxylation is 1. The first-order chi connectivity index (χ1) is 11.5. The third-order valence-electron chi connectivity index (χ3n) is 4.45. The van der Waals surface area contributed by atoms with Crippen LogP contribution in [0.2, 0.25) is 0 Å². The highest BCUT2D eigenvalue weighted by molar-refractivity contribution is 7.90. The lowest BCUT2D eigenvalue weighted by atomic mass is 10.1. The molecule has 1 saturated heterocycles. The summed E-state index contributed by atoms with van der Waals surface area (Å²) in [5.41, 5.74) is 2.06. The number of sulfonamides is 1. The Hall–Kier alpha value is -1.70. The summed E-state index contributed by atoms with van der Waals surface area (Å²) in [7, 11) is -3.37. The van der Waals surface area contributed by atoms with Gasteiger partial charge < -0.3 is 9.30 Å². The van der Waals surface area contributed by atoms with Gasteiger partial charge in [0.15, 0.2) is 0 Å². The van der Waals surface area contributed by atoms with E-state index in [9.17, 15) is 8.42 Å². The summed E-state index contributed by atoms with van der Waals surface area (Å²) >= 11 is 0. The summed E-state index contributed by atoms with van der Waals surface area (Å²) in [5, 5.41) is -0.464. The Morgan fingerprint density at radius 3 is 2.83 bits per heavy atom. The maximum Gasteiger partial charge on any atom is 0.217 e. The molecule has 1 fully saturated rings. The molecule has 1 N–H and O–H groups in total. The first kappa shape index (κ1) is 17.1. The van der Waals surface area contributed by atoms with Crippen molar-refractivity contribution >= 4 is 10.0 Å². The van der Waals surface area contributed by atoms with E-state index in [-0.39, 0.29) is 6.10 Å². The normalized spacial score (nSPS) is 21.2. The van der Waals surface area contributed by atoms with E-state index in [4.69, 9.17) is 4.74 Å². The number of hydrogen-bond acceptors (Lipinski definition) is 4. The second-order valence-electron chi connectivity index (χ2n) is 6.19. The summed E-state index contributed by atoms with van der Waals surface area (Å²) in [6.45, 7) is 5.29. The van der Waals surface area contributed by atoms with Gasteiger partial charge in [0, 0.05) is 32.1 Å². The van der Waals surface area contributed by atoms with Crippen LogP contribution in [0.5, 0.6) is 0 Å². The van der Waals surface area contributed by atoms with Gasteiger partial charge >= 0.3 is 0 Å². The number of nitrogens with zero attached hydrogens (tertiary/aromatic N) is 2. The van der Waals surface area contributed by atoms with Crippen LogP contribution in [0, 0.1) is 6.92 Å². The van der Waals surface area contributed by atoms with Gasteiger partial charge in [0.1, 0.15) is 11.1 Å². The number of rotatable bonds is 6. The van der Waals surface area contributed by atoms with Crippen LogP contribution in [0.1, 0.15) is 30.3 Å². The molecular formula is C17H23N3O3S. The van der Waals surface area contributed by atoms with Gasteiger partial charge in [-0.15, -0.1) is 0 Å². The Kier molecular flexibility index (Phi) is 5.03. The fraction of sp³-hybridized carbons (Fsp3) is 0.471. The van der Waals surface area contributed by atoms with E-state index in [1.165, 1.54) is 0 Å². The minimum atomic E-state index is -3.37. The zero-order valence-electron chi connectivity index (χ0n) is 14.0. The molecular weight excluding hydrogens is 326 g/mol. The van der Waals surface area contributed by atoms with Gasteiger partial charge in [-0.25, -0.2) is 18.1 Å². The quantitative estimate of drug-likeness (QED) is 0.864. The minimum Gasteiger partial charge on any atom is -0.377 e. The maximum atomic E-state index is 12.4. The topological polar surface area (TPSA) is 73.2 Å². The third-order valence-corrected chi connectivity index (χ3v) is 6.41. The van der Waals surface area contributed by atoms with Crippen molar-refractivity contribution in [3.05, 3.63) is 53.6 Å². The SMILES string of the molecule is Cc1nccn1Cc1cccc(CNS(=O)(=O)[C@@H]2CCO[C@@H]2C)c1. The van der Waals surface area contributed by atoms with Crippen molar-refractivity contribution in [2.24, 2.45) is 0 Å². The van der Waals surface area contributed by atoms with Crippen molar-refractivity contribution < 1.29 is 13.2 Å². The molecule has 0 unspecified atom stereocenters. The zero-order valence-corrected chi connectivity index (χ0v) is 14.8. The summed E-state index contributed by atoms with van der Waals surface area (Å²) in [6.07, 6.45) is 4.01. The molecule has 24 heavy (non-hydrogen) atoms. The fourth-order valence-corrected chi connectivity index (χ4v) is 4.59. The van der Waals surface area contributed by atoms with E-state index < -0.39 is 15.3 Å². The highest BCUT2D eigenvalue weighted by Gasteiger charge is 2.35. The number of aromatic nitrogens is 2. The Bertz CT molecular complexity index is 801. The van der Waals surface area contributed by atoms with Gasteiger partial charge in [-0.2, -0.15) is 0 Å². The summed E-state index contributed by atoms with van der Waals surface area (Å²) in [4.78, 5) is 4.21. The molecule has 2 heterocycles. The summed E-state index contributed by atoms with van der Waals surface area (Å²) < 4.78 is 34.9. The van der Waals surface area contributed by atoms with Crippen molar-refractivity contribution in [2.75, 3.05) is 6.61 Å². The van der Waals surface area contributed by atoms with Crippen LogP contribution in [0.25, 0.3) is 0 Å². The van der Waals surface area contributed by atoms with Crippen LogP contribution in [-0.2, 0) is 27.8 Å². The fourth-order valence-electron chi connectivity index (χ4n) is 3.02. The monoisotopic (exact) mass is 349 g/mol. The Balaban J connectivity index is 1.65. The third kappa shape index (κ3) is 3.85. The lowest BCUT2D eigenvalue weighted by Gasteiger charge is -2.16. The Morgan fingerprint density at radius 2 is 2.17 bits per heavy atom. The first-order valence-electron chi connectivity index (χ1n) is 8.11. The van der Waals surface area contributed by atoms with E-state index in [0.717, 1.165) is 23.5 Å². The van der Waals surface area contributed by atoms with E-state index in [0.29, 0.717) is 19.6 Å². The number of benzene rings is 1. The number of hydrogen-bond donors (Lipinski definition) is 1. The van der Waals surface area contributed by atoms with Gasteiger partial charge in [0.2, 0.25) is 10.0 Å². The predicted octanol–water partition coefficient (Wildman–Crippen LogP) is 1.84. The molecule has 130 valence electrons. The molecule has 0 amide bonds. The van der Waals surface area contributed by atoms with E-state index in [1.807, 2.05) is 44.3 Å². The average Bonchev–Trinajstić information content (AvgIpc) is 3.15. The Labute approximate surface area is 142 Å². The summed E-state index contributed by atoms with van der Waals surface area (Å²) in [5.74, 6) is 0.955. The van der Waals surface area contributed by atoms with E-state index in [2.05, 4.69) is 14.3 Å². The molecule has 1 aliphatic rings. The van der Waals surface area contributed by atoms with Gasteiger partial charge in [-0.3, -0.25) is 0 Å². The largest absolute Gasteiger partial charge is 0.377 e. The smallest absolute Gasteiger partial charge is 0.217 e. The lowest BCUT2D eigenvalue weighted by molar-refractivity contribution is 0.126. The van der Waals surface area contributed by atoms with Gasteiger partial charge in [-0.05, 0) is 31.4 Å². The molecule has 0 aliphatic carbocycles. The summed E-state index contributed by atoms with van der Waals surface area (Å²) in [6, 6.07) is 7.94. The van der Waals surface area contributed by atoms with Crippen LogP contribution in [0.4, 0.5) is 0 Å². The first-order valence-corrected chi connectivity index (χ1v) is 9.66. The highest BCUT2D eigenvalue weighted by atomic mass is 32.2. The van der Waals surface area contributed by atoms with E-state index in [1.54, 1.807) is 6.20 Å². The van der Waals surface area contributed by atoms with Crippen LogP contribution in [-0.4, -0.2) is 35.9 Å². The molecule has 1 aromatic carbocycles. The molecule has 1 aliphatic heterocycles. The second-order valence-corrected chi connectivity index (χ2v) is 8.18. The van der Waals surface area contributed by atoms with Gasteiger partial charge in [0.05, 0.1) is 6.10 Å². The minimum absolute atomic E-state index is 0.252. The van der Waals surface area contributed by atoms with Crippen LogP contribution < -0.4 is 4.72 Å². The Morgan fingerprint density at radius 1 is 1.38 bits per heavy atom. The molecule has 6 nitrogen and oxygen atoms in total. The van der Waals surface area contributed by atoms with Gasteiger partial charge in [0.25, 0.3) is 0 Å². The molecule has 0 spiro atoms. The van der Waals surface area contributed by atoms with Crippen LogP contribution in [0.3, 0.4) is 0 Å². The highest BCUT2D eigenvalue weighted by Crippen LogP contribution is 2.20. The zero-order chi connectivity index (χ0) is 17.2. The number of nitrogens with one attached hydrogen (secondary N) is 1. The van der Waals surface area contributed by atoms with E-state index >= 15 is 0 Å². The molecule has 2 aromatic rings. The van der Waals surface area contributed by atoms with Crippen molar-refractivity contribution in [2.45, 2.75) is 44.7 Å².